The number of nitrogens with zero attached hydrogens (tertiary/aromatic N) is 1. The maximum absolute atomic E-state index is 11.8. The molecule has 0 aromatic carbocycles. The zero-order valence-corrected chi connectivity index (χ0v) is 10.1. The molecule has 0 heterocycles. The van der Waals surface area contributed by atoms with Crippen LogP contribution in [-0.2, 0) is 19.6 Å². The van der Waals surface area contributed by atoms with Crippen LogP contribution in [-0.4, -0.2) is 48.0 Å². The molecule has 1 saturated carbocycles. The summed E-state index contributed by atoms with van der Waals surface area (Å²) in [6.45, 7) is -0.444. The van der Waals surface area contributed by atoms with E-state index in [1.165, 1.54) is 0 Å². The fourth-order valence-corrected chi connectivity index (χ4v) is 3.51. The summed E-state index contributed by atoms with van der Waals surface area (Å²) >= 11 is 0. The van der Waals surface area contributed by atoms with Gasteiger partial charge >= 0.3 is 5.97 Å². The van der Waals surface area contributed by atoms with E-state index in [2.05, 4.69) is 0 Å². The number of nitrogens with two attached hydrogens (primary N) is 1. The molecular formula is C9H16N2O5S. The second-order valence-electron chi connectivity index (χ2n) is 4.10. The highest BCUT2D eigenvalue weighted by Crippen LogP contribution is 2.25. The molecule has 0 spiro atoms. The van der Waals surface area contributed by atoms with Crippen LogP contribution in [0, 0.1) is 0 Å². The Morgan fingerprint density at radius 1 is 1.29 bits per heavy atom. The minimum absolute atomic E-state index is 0.299. The molecule has 1 aliphatic rings. The number of rotatable bonds is 6. The van der Waals surface area contributed by atoms with E-state index in [9.17, 15) is 18.0 Å². The van der Waals surface area contributed by atoms with Crippen LogP contribution in [0.25, 0.3) is 0 Å². The maximum atomic E-state index is 11.8. The van der Waals surface area contributed by atoms with Crippen LogP contribution in [0.1, 0.15) is 25.7 Å². The van der Waals surface area contributed by atoms with E-state index < -0.39 is 34.2 Å². The molecule has 0 aliphatic heterocycles. The first-order valence-electron chi connectivity index (χ1n) is 5.32. The normalized spacial score (nSPS) is 17.5. The lowest BCUT2D eigenvalue weighted by Gasteiger charge is -2.25. The van der Waals surface area contributed by atoms with Crippen molar-refractivity contribution in [1.29, 1.82) is 0 Å². The minimum atomic E-state index is -3.97. The van der Waals surface area contributed by atoms with Gasteiger partial charge in [0.05, 0.1) is 6.54 Å². The highest BCUT2D eigenvalue weighted by atomic mass is 32.2. The van der Waals surface area contributed by atoms with Gasteiger partial charge in [-0.25, -0.2) is 8.42 Å². The number of aliphatic carboxylic acids is 1. The molecule has 17 heavy (non-hydrogen) atoms. The van der Waals surface area contributed by atoms with E-state index in [-0.39, 0.29) is 6.04 Å². The van der Waals surface area contributed by atoms with Crippen molar-refractivity contribution in [3.05, 3.63) is 0 Å². The van der Waals surface area contributed by atoms with Gasteiger partial charge in [0.1, 0.15) is 0 Å². The lowest BCUT2D eigenvalue weighted by Crippen LogP contribution is -2.46. The summed E-state index contributed by atoms with van der Waals surface area (Å²) in [6.07, 6.45) is 3.04. The van der Waals surface area contributed by atoms with E-state index in [0.717, 1.165) is 17.1 Å². The Morgan fingerprint density at radius 3 is 2.24 bits per heavy atom. The second-order valence-corrected chi connectivity index (χ2v) is 6.02. The Bertz CT molecular complexity index is 400. The monoisotopic (exact) mass is 264 g/mol. The number of carbonyl (C=O) groups excluding carboxylic acids is 1. The number of amides is 1. The molecule has 0 radical (unpaired) electrons. The quantitative estimate of drug-likeness (QED) is 0.646. The number of hydrogen-bond acceptors (Lipinski definition) is 4. The number of carbonyl (C=O) groups is 2. The van der Waals surface area contributed by atoms with Crippen molar-refractivity contribution in [1.82, 2.24) is 4.31 Å². The Kier molecular flexibility index (Phi) is 4.47. The van der Waals surface area contributed by atoms with E-state index >= 15 is 0 Å². The molecule has 1 amide bonds. The number of primary amides is 1. The van der Waals surface area contributed by atoms with E-state index in [1.807, 2.05) is 0 Å². The van der Waals surface area contributed by atoms with Gasteiger partial charge in [0, 0.05) is 6.04 Å². The fourth-order valence-electron chi connectivity index (χ4n) is 2.04. The van der Waals surface area contributed by atoms with Crippen LogP contribution < -0.4 is 5.73 Å². The molecule has 3 N–H and O–H groups in total. The summed E-state index contributed by atoms with van der Waals surface area (Å²) in [5.41, 5.74) is 5.00. The molecule has 0 saturated heterocycles. The third kappa shape index (κ3) is 3.97. The molecule has 8 heteroatoms. The van der Waals surface area contributed by atoms with Crippen LogP contribution in [0.2, 0.25) is 0 Å². The second kappa shape index (κ2) is 5.46. The van der Waals surface area contributed by atoms with Crippen LogP contribution in [0.3, 0.4) is 0 Å². The van der Waals surface area contributed by atoms with Gasteiger partial charge in [-0.3, -0.25) is 9.59 Å². The summed E-state index contributed by atoms with van der Waals surface area (Å²) in [6, 6.07) is -0.299. The van der Waals surface area contributed by atoms with E-state index in [1.54, 1.807) is 0 Å². The molecule has 7 nitrogen and oxygen atoms in total. The molecule has 0 unspecified atom stereocenters. The summed E-state index contributed by atoms with van der Waals surface area (Å²) in [7, 11) is -3.97. The van der Waals surface area contributed by atoms with Gasteiger partial charge in [-0.15, -0.1) is 0 Å². The van der Waals surface area contributed by atoms with E-state index in [0.29, 0.717) is 12.8 Å². The van der Waals surface area contributed by atoms with Crippen molar-refractivity contribution >= 4 is 21.9 Å². The van der Waals surface area contributed by atoms with Crippen molar-refractivity contribution in [2.75, 3.05) is 12.3 Å². The van der Waals surface area contributed by atoms with Crippen molar-refractivity contribution in [2.24, 2.45) is 5.73 Å². The highest BCUT2D eigenvalue weighted by Gasteiger charge is 2.34. The molecule has 1 aliphatic carbocycles. The van der Waals surface area contributed by atoms with Crippen molar-refractivity contribution in [3.8, 4) is 0 Å². The van der Waals surface area contributed by atoms with Gasteiger partial charge in [0.25, 0.3) is 0 Å². The molecule has 1 fully saturated rings. The minimum Gasteiger partial charge on any atom is -0.480 e. The first kappa shape index (κ1) is 13.9. The summed E-state index contributed by atoms with van der Waals surface area (Å²) in [5, 5.41) is 8.55. The maximum Gasteiger partial charge on any atom is 0.320 e. The average Bonchev–Trinajstić information content (AvgIpc) is 2.63. The van der Waals surface area contributed by atoms with Crippen molar-refractivity contribution in [3.63, 3.8) is 0 Å². The van der Waals surface area contributed by atoms with Gasteiger partial charge in [0.15, 0.2) is 5.75 Å². The van der Waals surface area contributed by atoms with Gasteiger partial charge in [-0.1, -0.05) is 12.8 Å². The topological polar surface area (TPSA) is 118 Å². The Labute approximate surface area is 99.6 Å². The molecule has 1 rings (SSSR count). The summed E-state index contributed by atoms with van der Waals surface area (Å²) in [5.74, 6) is -3.21. The molecule has 0 atom stereocenters. The lowest BCUT2D eigenvalue weighted by molar-refractivity contribution is -0.134. The van der Waals surface area contributed by atoms with Crippen LogP contribution in [0.4, 0.5) is 0 Å². The first-order chi connectivity index (χ1) is 7.83. The third-order valence-corrected chi connectivity index (χ3v) is 4.46. The Hall–Kier alpha value is -1.15. The molecule has 98 valence electrons. The van der Waals surface area contributed by atoms with E-state index in [4.69, 9.17) is 10.8 Å². The van der Waals surface area contributed by atoms with Gasteiger partial charge < -0.3 is 10.8 Å². The standard InChI is InChI=1S/C9H16N2O5S/c10-8(12)5-11(7-3-1-2-4-7)17(15,16)6-9(13)14/h7H,1-6H2,(H2,10,12)(H,13,14). The molecular weight excluding hydrogens is 248 g/mol. The Morgan fingerprint density at radius 2 is 1.82 bits per heavy atom. The molecule has 0 aromatic rings. The summed E-state index contributed by atoms with van der Waals surface area (Å²) < 4.78 is 24.5. The predicted molar refractivity (Wildman–Crippen MR) is 59.6 cm³/mol. The Balaban J connectivity index is 2.88. The number of carboxylic acids is 1. The zero-order chi connectivity index (χ0) is 13.1. The van der Waals surface area contributed by atoms with Crippen LogP contribution in [0.15, 0.2) is 0 Å². The SMILES string of the molecule is NC(=O)CN(C1CCCC1)S(=O)(=O)CC(=O)O. The lowest BCUT2D eigenvalue weighted by atomic mass is 10.2. The largest absolute Gasteiger partial charge is 0.480 e. The van der Waals surface area contributed by atoms with Crippen LogP contribution in [0.5, 0.6) is 0 Å². The number of hydrogen-bond donors (Lipinski definition) is 2. The number of sulfonamides is 1. The molecule has 0 bridgehead atoms. The van der Waals surface area contributed by atoms with Crippen molar-refractivity contribution < 1.29 is 23.1 Å². The zero-order valence-electron chi connectivity index (χ0n) is 9.33. The van der Waals surface area contributed by atoms with Crippen LogP contribution >= 0.6 is 0 Å². The van der Waals surface area contributed by atoms with Crippen molar-refractivity contribution in [2.45, 2.75) is 31.7 Å². The molecule has 0 aromatic heterocycles. The first-order valence-corrected chi connectivity index (χ1v) is 6.93. The predicted octanol–water partition coefficient (Wildman–Crippen LogP) is -0.869. The number of carboxylic acid groups (broad SMARTS) is 1. The highest BCUT2D eigenvalue weighted by molar-refractivity contribution is 7.89. The van der Waals surface area contributed by atoms with Gasteiger partial charge in [-0.05, 0) is 12.8 Å². The third-order valence-electron chi connectivity index (χ3n) is 2.71. The summed E-state index contributed by atoms with van der Waals surface area (Å²) in [4.78, 5) is 21.4. The van der Waals surface area contributed by atoms with Gasteiger partial charge in [-0.2, -0.15) is 4.31 Å². The average molecular weight is 264 g/mol. The fraction of sp³-hybridized carbons (Fsp3) is 0.778. The smallest absolute Gasteiger partial charge is 0.320 e. The van der Waals surface area contributed by atoms with Gasteiger partial charge in [0.2, 0.25) is 15.9 Å².